The van der Waals surface area contributed by atoms with Crippen LogP contribution in [0.1, 0.15) is 60.3 Å². The van der Waals surface area contributed by atoms with Gasteiger partial charge in [-0.05, 0) is 58.2 Å². The third-order valence-corrected chi connectivity index (χ3v) is 3.71. The molecule has 0 saturated carbocycles. The molecule has 0 aliphatic heterocycles. The van der Waals surface area contributed by atoms with E-state index in [4.69, 9.17) is 0 Å². The standard InChI is InChI=1S/C16H34N2O2/c1-6-11-17-16(5,15(19)20)10-8-9-12-18(7-2)13-14(3)4/h14,17H,6-13H2,1-5H3,(H,19,20). The van der Waals surface area contributed by atoms with Crippen LogP contribution in [0.5, 0.6) is 0 Å². The normalized spacial score (nSPS) is 14.8. The second kappa shape index (κ2) is 10.2. The molecule has 4 heteroatoms. The van der Waals surface area contributed by atoms with Crippen molar-refractivity contribution >= 4 is 5.97 Å². The highest BCUT2D eigenvalue weighted by molar-refractivity contribution is 5.78. The minimum absolute atomic E-state index is 0.686. The van der Waals surface area contributed by atoms with Crippen LogP contribution < -0.4 is 5.32 Å². The molecule has 0 bridgehead atoms. The fourth-order valence-electron chi connectivity index (χ4n) is 2.38. The molecular formula is C16H34N2O2. The summed E-state index contributed by atoms with van der Waals surface area (Å²) in [6.45, 7) is 14.5. The van der Waals surface area contributed by atoms with Gasteiger partial charge in [0.1, 0.15) is 5.54 Å². The predicted octanol–water partition coefficient (Wildman–Crippen LogP) is 2.98. The van der Waals surface area contributed by atoms with Gasteiger partial charge in [0.2, 0.25) is 0 Å². The average molecular weight is 286 g/mol. The molecule has 0 amide bonds. The van der Waals surface area contributed by atoms with Gasteiger partial charge in [0.05, 0.1) is 0 Å². The zero-order chi connectivity index (χ0) is 15.6. The van der Waals surface area contributed by atoms with E-state index in [9.17, 15) is 9.90 Å². The quantitative estimate of drug-likeness (QED) is 0.542. The van der Waals surface area contributed by atoms with Crippen LogP contribution in [0.25, 0.3) is 0 Å². The predicted molar refractivity (Wildman–Crippen MR) is 85.1 cm³/mol. The van der Waals surface area contributed by atoms with Crippen LogP contribution >= 0.6 is 0 Å². The lowest BCUT2D eigenvalue weighted by Gasteiger charge is -2.27. The van der Waals surface area contributed by atoms with Gasteiger partial charge in [-0.3, -0.25) is 4.79 Å². The third kappa shape index (κ3) is 7.85. The summed E-state index contributed by atoms with van der Waals surface area (Å²) >= 11 is 0. The van der Waals surface area contributed by atoms with Gasteiger partial charge in [-0.15, -0.1) is 0 Å². The number of nitrogens with zero attached hydrogens (tertiary/aromatic N) is 1. The van der Waals surface area contributed by atoms with Crippen LogP contribution in [-0.2, 0) is 4.79 Å². The van der Waals surface area contributed by atoms with Crippen molar-refractivity contribution in [3.8, 4) is 0 Å². The Labute approximate surface area is 124 Å². The highest BCUT2D eigenvalue weighted by Crippen LogP contribution is 2.15. The van der Waals surface area contributed by atoms with E-state index in [2.05, 4.69) is 37.9 Å². The Morgan fingerprint density at radius 2 is 1.95 bits per heavy atom. The summed E-state index contributed by atoms with van der Waals surface area (Å²) in [4.78, 5) is 13.8. The smallest absolute Gasteiger partial charge is 0.323 e. The van der Waals surface area contributed by atoms with E-state index in [1.165, 1.54) is 0 Å². The molecule has 0 aliphatic rings. The Morgan fingerprint density at radius 3 is 2.40 bits per heavy atom. The molecule has 1 atom stereocenters. The van der Waals surface area contributed by atoms with Crippen LogP contribution in [0.2, 0.25) is 0 Å². The van der Waals surface area contributed by atoms with Crippen LogP contribution in [0.3, 0.4) is 0 Å². The zero-order valence-corrected chi connectivity index (χ0v) is 14.0. The Morgan fingerprint density at radius 1 is 1.30 bits per heavy atom. The Kier molecular flexibility index (Phi) is 9.86. The molecule has 0 rings (SSSR count). The summed E-state index contributed by atoms with van der Waals surface area (Å²) in [5.74, 6) is -0.0501. The highest BCUT2D eigenvalue weighted by atomic mass is 16.4. The first-order valence-corrected chi connectivity index (χ1v) is 8.06. The first-order chi connectivity index (χ1) is 9.35. The third-order valence-electron chi connectivity index (χ3n) is 3.71. The summed E-state index contributed by atoms with van der Waals surface area (Å²) in [5.41, 5.74) is -0.773. The lowest BCUT2D eigenvalue weighted by molar-refractivity contribution is -0.144. The minimum Gasteiger partial charge on any atom is -0.480 e. The maximum Gasteiger partial charge on any atom is 0.323 e. The molecule has 20 heavy (non-hydrogen) atoms. The molecule has 2 N–H and O–H groups in total. The van der Waals surface area contributed by atoms with E-state index < -0.39 is 11.5 Å². The van der Waals surface area contributed by atoms with Gasteiger partial charge in [0.15, 0.2) is 0 Å². The van der Waals surface area contributed by atoms with Crippen LogP contribution in [0, 0.1) is 5.92 Å². The zero-order valence-electron chi connectivity index (χ0n) is 14.0. The molecule has 0 aromatic carbocycles. The van der Waals surface area contributed by atoms with Crippen molar-refractivity contribution in [1.82, 2.24) is 10.2 Å². The van der Waals surface area contributed by atoms with Gasteiger partial charge in [-0.25, -0.2) is 0 Å². The van der Waals surface area contributed by atoms with Gasteiger partial charge in [-0.1, -0.05) is 27.7 Å². The fraction of sp³-hybridized carbons (Fsp3) is 0.938. The van der Waals surface area contributed by atoms with Crippen molar-refractivity contribution < 1.29 is 9.90 Å². The number of aliphatic carboxylic acids is 1. The van der Waals surface area contributed by atoms with E-state index in [1.54, 1.807) is 6.92 Å². The maximum atomic E-state index is 11.4. The number of hydrogen-bond acceptors (Lipinski definition) is 3. The lowest BCUT2D eigenvalue weighted by Crippen LogP contribution is -2.49. The van der Waals surface area contributed by atoms with E-state index in [0.717, 1.165) is 45.4 Å². The highest BCUT2D eigenvalue weighted by Gasteiger charge is 2.31. The SMILES string of the molecule is CCCNC(C)(CCCCN(CC)CC(C)C)C(=O)O. The Hall–Kier alpha value is -0.610. The maximum absolute atomic E-state index is 11.4. The molecule has 0 aromatic heterocycles. The van der Waals surface area contributed by atoms with Crippen molar-refractivity contribution in [3.05, 3.63) is 0 Å². The molecule has 0 spiro atoms. The van der Waals surface area contributed by atoms with Gasteiger partial charge >= 0.3 is 5.97 Å². The van der Waals surface area contributed by atoms with Crippen molar-refractivity contribution in [1.29, 1.82) is 0 Å². The number of nitrogens with one attached hydrogen (secondary N) is 1. The summed E-state index contributed by atoms with van der Waals surface area (Å²) in [6, 6.07) is 0. The van der Waals surface area contributed by atoms with Crippen molar-refractivity contribution in [3.63, 3.8) is 0 Å². The van der Waals surface area contributed by atoms with Gasteiger partial charge in [0.25, 0.3) is 0 Å². The molecule has 0 fully saturated rings. The number of hydrogen-bond donors (Lipinski definition) is 2. The molecular weight excluding hydrogens is 252 g/mol. The van der Waals surface area contributed by atoms with Crippen LogP contribution in [-0.4, -0.2) is 47.7 Å². The largest absolute Gasteiger partial charge is 0.480 e. The van der Waals surface area contributed by atoms with Crippen molar-refractivity contribution in [2.75, 3.05) is 26.2 Å². The second-order valence-corrected chi connectivity index (χ2v) is 6.31. The van der Waals surface area contributed by atoms with Gasteiger partial charge < -0.3 is 15.3 Å². The number of carbonyl (C=O) groups is 1. The molecule has 4 nitrogen and oxygen atoms in total. The molecule has 0 aliphatic carbocycles. The van der Waals surface area contributed by atoms with E-state index in [1.807, 2.05) is 0 Å². The van der Waals surface area contributed by atoms with E-state index in [0.29, 0.717) is 12.3 Å². The second-order valence-electron chi connectivity index (χ2n) is 6.31. The first-order valence-electron chi connectivity index (χ1n) is 8.06. The van der Waals surface area contributed by atoms with E-state index >= 15 is 0 Å². The summed E-state index contributed by atoms with van der Waals surface area (Å²) < 4.78 is 0. The molecule has 0 heterocycles. The van der Waals surface area contributed by atoms with Crippen molar-refractivity contribution in [2.45, 2.75) is 65.8 Å². The topological polar surface area (TPSA) is 52.6 Å². The monoisotopic (exact) mass is 286 g/mol. The Bertz CT molecular complexity index is 269. The van der Waals surface area contributed by atoms with Crippen molar-refractivity contribution in [2.24, 2.45) is 5.92 Å². The van der Waals surface area contributed by atoms with Gasteiger partial charge in [-0.2, -0.15) is 0 Å². The summed E-state index contributed by atoms with van der Waals surface area (Å²) in [6.07, 6.45) is 3.67. The Balaban J connectivity index is 4.08. The molecule has 1 unspecified atom stereocenters. The molecule has 0 saturated heterocycles. The summed E-state index contributed by atoms with van der Waals surface area (Å²) in [7, 11) is 0. The number of unbranched alkanes of at least 4 members (excludes halogenated alkanes) is 1. The van der Waals surface area contributed by atoms with E-state index in [-0.39, 0.29) is 0 Å². The molecule has 120 valence electrons. The molecule has 0 aromatic rings. The molecule has 0 radical (unpaired) electrons. The van der Waals surface area contributed by atoms with Gasteiger partial charge in [0, 0.05) is 6.54 Å². The van der Waals surface area contributed by atoms with Crippen LogP contribution in [0.15, 0.2) is 0 Å². The average Bonchev–Trinajstić information content (AvgIpc) is 2.39. The number of rotatable bonds is 12. The number of carboxylic acid groups (broad SMARTS) is 1. The lowest BCUT2D eigenvalue weighted by atomic mass is 9.94. The minimum atomic E-state index is -0.773. The van der Waals surface area contributed by atoms with Crippen LogP contribution in [0.4, 0.5) is 0 Å². The first kappa shape index (κ1) is 19.4. The fourth-order valence-corrected chi connectivity index (χ4v) is 2.38. The summed E-state index contributed by atoms with van der Waals surface area (Å²) in [5, 5.41) is 12.5. The number of carboxylic acids is 1.